The molecule has 4 heterocycles. The van der Waals surface area contributed by atoms with E-state index in [1.165, 1.54) is 20.3 Å². The fourth-order valence-electron chi connectivity index (χ4n) is 6.90. The van der Waals surface area contributed by atoms with Gasteiger partial charge in [0.2, 0.25) is 43.5 Å². The molecule has 5 aromatic rings. The fraction of sp³-hybridized carbons (Fsp3) is 0.231. The first-order chi connectivity index (χ1) is 34.8. The predicted octanol–water partition coefficient (Wildman–Crippen LogP) is 7.68. The number of allylic oxidation sites excluding steroid dienone is 2. The van der Waals surface area contributed by atoms with E-state index < -0.39 is 5.92 Å². The van der Waals surface area contributed by atoms with Gasteiger partial charge in [0.1, 0.15) is 53.6 Å². The quantitative estimate of drug-likeness (QED) is 0.111. The van der Waals surface area contributed by atoms with E-state index in [2.05, 4.69) is 6.07 Å². The molecular weight excluding hydrogens is 929 g/mol. The summed E-state index contributed by atoms with van der Waals surface area (Å²) in [6.45, 7) is 0.449. The number of nitriles is 5. The van der Waals surface area contributed by atoms with Gasteiger partial charge in [-0.05, 0) is 71.8 Å². The molecular formula is C52H48N8O12. The van der Waals surface area contributed by atoms with Crippen LogP contribution in [0, 0.1) is 56.7 Å². The standard InChI is InChI=1S/C20H19N3O4.C12H8N2O3.C9H8O4.C8H11NO.C3H2N2/c1-23(2)12-4-5-13-15(8-12)27-20(22)14(9-21)18(13)11-6-16(24-3)19-17(7-11)25-10-26-19;1-15-10-3-8(2-9(5-13)6-14)4-11-12(10)17-7-16-11;1-11-7-2-6(4-10)3-8-9(7)13-5-12-8;1-9(2)7-4-3-5-8(10)6-7;4-2-1-3-5/h4-8,18H,10,22H2,1-3H3;2-4H,7H2,1H3;2-4H,5H2,1H3;3-6,10H,1-2H3;1H2. The predicted molar refractivity (Wildman–Crippen MR) is 260 cm³/mol. The summed E-state index contributed by atoms with van der Waals surface area (Å²) >= 11 is 0. The van der Waals surface area contributed by atoms with Gasteiger partial charge in [-0.3, -0.25) is 4.79 Å². The lowest BCUT2D eigenvalue weighted by Gasteiger charge is -2.28. The molecule has 0 aliphatic carbocycles. The highest BCUT2D eigenvalue weighted by molar-refractivity contribution is 5.78. The van der Waals surface area contributed by atoms with Crippen molar-refractivity contribution in [1.29, 1.82) is 26.3 Å². The van der Waals surface area contributed by atoms with E-state index in [0.29, 0.717) is 79.9 Å². The molecule has 0 saturated heterocycles. The van der Waals surface area contributed by atoms with Gasteiger partial charge in [-0.25, -0.2) is 0 Å². The van der Waals surface area contributed by atoms with Crippen molar-refractivity contribution in [3.63, 3.8) is 0 Å². The number of aldehydes is 1. The number of hydrogen-bond donors (Lipinski definition) is 2. The van der Waals surface area contributed by atoms with Crippen LogP contribution in [0.3, 0.4) is 0 Å². The zero-order valence-corrected chi connectivity index (χ0v) is 40.2. The summed E-state index contributed by atoms with van der Waals surface area (Å²) in [5, 5.41) is 51.3. The molecule has 4 aliphatic rings. The molecule has 0 amide bonds. The number of nitrogens with zero attached hydrogens (tertiary/aromatic N) is 7. The number of aromatic hydroxyl groups is 1. The van der Waals surface area contributed by atoms with Crippen LogP contribution in [0.25, 0.3) is 6.08 Å². The summed E-state index contributed by atoms with van der Waals surface area (Å²) in [4.78, 5) is 14.4. The van der Waals surface area contributed by atoms with Gasteiger partial charge >= 0.3 is 0 Å². The lowest BCUT2D eigenvalue weighted by molar-refractivity contribution is 0.112. The van der Waals surface area contributed by atoms with Crippen molar-refractivity contribution in [2.75, 3.05) is 79.7 Å². The van der Waals surface area contributed by atoms with Crippen LogP contribution < -0.4 is 62.9 Å². The van der Waals surface area contributed by atoms with Gasteiger partial charge in [0.25, 0.3) is 0 Å². The molecule has 0 spiro atoms. The van der Waals surface area contributed by atoms with Gasteiger partial charge in [0, 0.05) is 62.8 Å². The van der Waals surface area contributed by atoms with E-state index in [-0.39, 0.29) is 38.3 Å². The Morgan fingerprint density at radius 2 is 1.18 bits per heavy atom. The van der Waals surface area contributed by atoms with E-state index in [9.17, 15) is 10.1 Å². The number of nitrogens with two attached hydrogens (primary N) is 1. The highest BCUT2D eigenvalue weighted by Crippen LogP contribution is 2.49. The molecule has 20 nitrogen and oxygen atoms in total. The number of benzene rings is 5. The first-order valence-electron chi connectivity index (χ1n) is 21.3. The maximum absolute atomic E-state index is 10.5. The normalized spacial score (nSPS) is 12.9. The molecule has 1 atom stereocenters. The first-order valence-corrected chi connectivity index (χ1v) is 21.3. The SMILES string of the molecule is CN(C)c1cccc(O)c1.COc1cc(C2C(C#N)=C(N)Oc3cc(N(C)C)ccc32)cc2c1OCO2.COc1cc(C=C(C#N)C#N)cc2c1OCO2.COc1cc(C=O)cc2c1OCO2.N#CCC#N. The average Bonchev–Trinajstić information content (AvgIpc) is 4.20. The molecule has 20 heteroatoms. The van der Waals surface area contributed by atoms with Crippen molar-refractivity contribution < 1.29 is 57.3 Å². The molecule has 5 aromatic carbocycles. The molecule has 3 N–H and O–H groups in total. The number of rotatable bonds is 8. The van der Waals surface area contributed by atoms with Gasteiger partial charge in [-0.1, -0.05) is 12.1 Å². The number of hydrogen-bond acceptors (Lipinski definition) is 20. The van der Waals surface area contributed by atoms with Crippen LogP contribution in [0.1, 0.15) is 39.4 Å². The molecule has 0 aromatic heterocycles. The molecule has 72 heavy (non-hydrogen) atoms. The number of phenols is 1. The third-order valence-electron chi connectivity index (χ3n) is 10.3. The molecule has 0 bridgehead atoms. The number of carbonyl (C=O) groups excluding carboxylic acids is 1. The Morgan fingerprint density at radius 1 is 0.667 bits per heavy atom. The van der Waals surface area contributed by atoms with Crippen LogP contribution in [0.4, 0.5) is 11.4 Å². The van der Waals surface area contributed by atoms with Crippen molar-refractivity contribution in [3.8, 4) is 93.6 Å². The summed E-state index contributed by atoms with van der Waals surface area (Å²) in [5.74, 6) is 5.59. The molecule has 368 valence electrons. The summed E-state index contributed by atoms with van der Waals surface area (Å²) < 4.78 is 53.1. The Morgan fingerprint density at radius 3 is 1.64 bits per heavy atom. The lowest BCUT2D eigenvalue weighted by Crippen LogP contribution is -2.21. The Bertz CT molecular complexity index is 3040. The minimum Gasteiger partial charge on any atom is -0.508 e. The second-order valence-corrected chi connectivity index (χ2v) is 15.2. The highest BCUT2D eigenvalue weighted by Gasteiger charge is 2.33. The monoisotopic (exact) mass is 976 g/mol. The van der Waals surface area contributed by atoms with Crippen LogP contribution in [0.5, 0.6) is 63.2 Å². The van der Waals surface area contributed by atoms with Gasteiger partial charge < -0.3 is 68.0 Å². The van der Waals surface area contributed by atoms with Crippen molar-refractivity contribution in [2.24, 2.45) is 5.73 Å². The zero-order valence-electron chi connectivity index (χ0n) is 40.2. The second kappa shape index (κ2) is 25.3. The largest absolute Gasteiger partial charge is 0.508 e. The minimum absolute atomic E-state index is 0. The number of anilines is 2. The fourth-order valence-corrected chi connectivity index (χ4v) is 6.90. The topological polar surface area (TPSA) is 281 Å². The number of carbonyl (C=O) groups is 1. The van der Waals surface area contributed by atoms with Crippen molar-refractivity contribution in [3.05, 3.63) is 118 Å². The van der Waals surface area contributed by atoms with Crippen molar-refractivity contribution >= 4 is 23.7 Å². The summed E-state index contributed by atoms with van der Waals surface area (Å²) in [6, 6.07) is 32.4. The summed E-state index contributed by atoms with van der Waals surface area (Å²) in [7, 11) is 12.4. The number of ether oxygens (including phenoxy) is 10. The van der Waals surface area contributed by atoms with Crippen LogP contribution in [0.15, 0.2) is 95.9 Å². The van der Waals surface area contributed by atoms with Crippen molar-refractivity contribution in [2.45, 2.75) is 12.3 Å². The minimum atomic E-state index is -0.390. The van der Waals surface area contributed by atoms with E-state index in [4.69, 9.17) is 79.3 Å². The Hall–Kier alpha value is -10.1. The maximum Gasteiger partial charge on any atom is 0.231 e. The maximum atomic E-state index is 10.5. The second-order valence-electron chi connectivity index (χ2n) is 15.2. The van der Waals surface area contributed by atoms with E-state index in [1.807, 2.05) is 80.5 Å². The van der Waals surface area contributed by atoms with E-state index in [1.54, 1.807) is 67.8 Å². The number of fused-ring (bicyclic) bond motifs is 4. The van der Waals surface area contributed by atoms with Crippen molar-refractivity contribution in [1.82, 2.24) is 0 Å². The molecule has 9 rings (SSSR count). The van der Waals surface area contributed by atoms with E-state index in [0.717, 1.165) is 28.8 Å². The summed E-state index contributed by atoms with van der Waals surface area (Å²) in [5.41, 5.74) is 11.3. The third-order valence-corrected chi connectivity index (χ3v) is 10.3. The number of phenolic OH excluding ortho intramolecular Hbond substituents is 1. The van der Waals surface area contributed by atoms with Crippen LogP contribution >= 0.6 is 0 Å². The Labute approximate surface area is 415 Å². The molecule has 1 unspecified atom stereocenters. The zero-order chi connectivity index (χ0) is 52.3. The van der Waals surface area contributed by atoms with E-state index >= 15 is 0 Å². The molecule has 0 fully saturated rings. The summed E-state index contributed by atoms with van der Waals surface area (Å²) in [6.07, 6.45) is 2.20. The number of methoxy groups -OCH3 is 3. The van der Waals surface area contributed by atoms with Crippen LogP contribution in [0.2, 0.25) is 0 Å². The highest BCUT2D eigenvalue weighted by atomic mass is 16.7. The average molecular weight is 977 g/mol. The first kappa shape index (κ1) is 52.9. The Kier molecular flexibility index (Phi) is 18.6. The van der Waals surface area contributed by atoms with Gasteiger partial charge in [0.05, 0.1) is 39.4 Å². The van der Waals surface area contributed by atoms with Gasteiger partial charge in [-0.2, -0.15) is 26.3 Å². The third kappa shape index (κ3) is 12.9. The molecule has 0 saturated carbocycles. The van der Waals surface area contributed by atoms with Crippen LogP contribution in [-0.4, -0.2) is 81.3 Å². The van der Waals surface area contributed by atoms with Crippen LogP contribution in [-0.2, 0) is 0 Å². The molecule has 4 aliphatic heterocycles. The lowest BCUT2D eigenvalue weighted by atomic mass is 9.83. The Balaban J connectivity index is 0.000000184. The molecule has 0 radical (unpaired) electrons. The smallest absolute Gasteiger partial charge is 0.231 e. The van der Waals surface area contributed by atoms with Gasteiger partial charge in [0.15, 0.2) is 34.5 Å². The van der Waals surface area contributed by atoms with Gasteiger partial charge in [-0.15, -0.1) is 0 Å².